The Morgan fingerprint density at radius 1 is 1.25 bits per heavy atom. The van der Waals surface area contributed by atoms with Gasteiger partial charge in [0.05, 0.1) is 24.2 Å². The molecule has 0 bridgehead atoms. The van der Waals surface area contributed by atoms with E-state index in [1.54, 1.807) is 0 Å². The highest BCUT2D eigenvalue weighted by molar-refractivity contribution is 6.49. The van der Waals surface area contributed by atoms with Crippen LogP contribution in [0.5, 0.6) is 0 Å². The van der Waals surface area contributed by atoms with Crippen LogP contribution >= 0.6 is 0 Å². The summed E-state index contributed by atoms with van der Waals surface area (Å²) in [6, 6.07) is 0. The van der Waals surface area contributed by atoms with Gasteiger partial charge in [0, 0.05) is 5.82 Å². The molecule has 4 nitrogen and oxygen atoms in total. The van der Waals surface area contributed by atoms with Crippen molar-refractivity contribution in [3.05, 3.63) is 0 Å². The summed E-state index contributed by atoms with van der Waals surface area (Å²) in [6.07, 6.45) is 0.809. The molecule has 2 aliphatic rings. The molecular weight excluding hydrogens is 207 g/mol. The first kappa shape index (κ1) is 11.9. The molecule has 0 radical (unpaired) electrons. The van der Waals surface area contributed by atoms with E-state index in [0.29, 0.717) is 0 Å². The van der Waals surface area contributed by atoms with Crippen molar-refractivity contribution in [3.8, 4) is 0 Å². The summed E-state index contributed by atoms with van der Waals surface area (Å²) < 4.78 is 16.5. The van der Waals surface area contributed by atoms with E-state index in [-0.39, 0.29) is 36.0 Å². The topological polar surface area (TPSA) is 44.8 Å². The Kier molecular flexibility index (Phi) is 2.59. The van der Waals surface area contributed by atoms with Gasteiger partial charge in [-0.2, -0.15) is 0 Å². The molecule has 2 atom stereocenters. The minimum absolute atomic E-state index is 0.0419. The zero-order chi connectivity index (χ0) is 12.1. The van der Waals surface area contributed by atoms with Crippen LogP contribution in [0.15, 0.2) is 0 Å². The molecule has 0 aromatic carbocycles. The number of hydrogen-bond donors (Lipinski definition) is 0. The van der Waals surface area contributed by atoms with Crippen LogP contribution < -0.4 is 0 Å². The minimum Gasteiger partial charge on any atom is -0.469 e. The van der Waals surface area contributed by atoms with E-state index < -0.39 is 0 Å². The summed E-state index contributed by atoms with van der Waals surface area (Å²) in [4.78, 5) is 11.3. The van der Waals surface area contributed by atoms with Crippen molar-refractivity contribution in [2.24, 2.45) is 5.92 Å². The van der Waals surface area contributed by atoms with Crippen molar-refractivity contribution in [1.82, 2.24) is 0 Å². The molecule has 5 heteroatoms. The van der Waals surface area contributed by atoms with Crippen LogP contribution in [0.2, 0.25) is 5.82 Å². The van der Waals surface area contributed by atoms with Crippen LogP contribution in [-0.4, -0.2) is 31.4 Å². The highest BCUT2D eigenvalue weighted by atomic mass is 16.7. The normalized spacial score (nSPS) is 34.9. The quantitative estimate of drug-likeness (QED) is 0.530. The number of esters is 1. The van der Waals surface area contributed by atoms with Gasteiger partial charge < -0.3 is 14.0 Å². The summed E-state index contributed by atoms with van der Waals surface area (Å²) in [7, 11) is 1.15. The van der Waals surface area contributed by atoms with Crippen molar-refractivity contribution < 1.29 is 18.8 Å². The first-order chi connectivity index (χ1) is 7.28. The van der Waals surface area contributed by atoms with Crippen molar-refractivity contribution in [2.75, 3.05) is 7.11 Å². The summed E-state index contributed by atoms with van der Waals surface area (Å²) >= 11 is 0. The Balaban J connectivity index is 1.99. The van der Waals surface area contributed by atoms with E-state index in [1.165, 1.54) is 7.11 Å². The van der Waals surface area contributed by atoms with Gasteiger partial charge in [0.15, 0.2) is 0 Å². The third-order valence-corrected chi connectivity index (χ3v) is 3.96. The fourth-order valence-corrected chi connectivity index (χ4v) is 2.00. The fourth-order valence-electron chi connectivity index (χ4n) is 2.00. The SMILES string of the molecule is COC(=O)C1CC1B1OC(C)(C)C(C)(C)O1. The third-order valence-electron chi connectivity index (χ3n) is 3.96. The van der Waals surface area contributed by atoms with E-state index in [2.05, 4.69) is 0 Å². The van der Waals surface area contributed by atoms with Gasteiger partial charge in [-0.25, -0.2) is 0 Å². The molecule has 0 spiro atoms. The largest absolute Gasteiger partial charge is 0.469 e. The Bertz CT molecular complexity index is 297. The predicted molar refractivity (Wildman–Crippen MR) is 60.0 cm³/mol. The smallest absolute Gasteiger partial charge is 0.462 e. The van der Waals surface area contributed by atoms with E-state index >= 15 is 0 Å². The molecule has 1 saturated carbocycles. The van der Waals surface area contributed by atoms with E-state index in [9.17, 15) is 4.79 Å². The van der Waals surface area contributed by atoms with E-state index in [4.69, 9.17) is 14.0 Å². The third kappa shape index (κ3) is 1.76. The maximum absolute atomic E-state index is 11.3. The number of ether oxygens (including phenoxy) is 1. The summed E-state index contributed by atoms with van der Waals surface area (Å²) in [6.45, 7) is 8.07. The van der Waals surface area contributed by atoms with Crippen molar-refractivity contribution in [1.29, 1.82) is 0 Å². The molecule has 2 rings (SSSR count). The van der Waals surface area contributed by atoms with Gasteiger partial charge in [-0.3, -0.25) is 4.79 Å². The molecule has 90 valence electrons. The molecule has 1 saturated heterocycles. The first-order valence-electron chi connectivity index (χ1n) is 5.72. The highest BCUT2D eigenvalue weighted by Crippen LogP contribution is 2.53. The second-order valence-electron chi connectivity index (χ2n) is 5.65. The van der Waals surface area contributed by atoms with Gasteiger partial charge in [-0.1, -0.05) is 0 Å². The van der Waals surface area contributed by atoms with Crippen LogP contribution in [0.25, 0.3) is 0 Å². The monoisotopic (exact) mass is 226 g/mol. The molecule has 0 aromatic heterocycles. The van der Waals surface area contributed by atoms with Crippen LogP contribution in [-0.2, 0) is 18.8 Å². The van der Waals surface area contributed by atoms with E-state index in [1.807, 2.05) is 27.7 Å². The van der Waals surface area contributed by atoms with Gasteiger partial charge in [0.2, 0.25) is 0 Å². The maximum Gasteiger partial charge on any atom is 0.462 e. The minimum atomic E-state index is -0.319. The van der Waals surface area contributed by atoms with Crippen LogP contribution in [0.1, 0.15) is 34.1 Å². The summed E-state index contributed by atoms with van der Waals surface area (Å²) in [5, 5.41) is 0. The molecule has 16 heavy (non-hydrogen) atoms. The summed E-state index contributed by atoms with van der Waals surface area (Å²) in [5.74, 6) is -0.0343. The van der Waals surface area contributed by atoms with Gasteiger partial charge in [0.1, 0.15) is 0 Å². The second-order valence-corrected chi connectivity index (χ2v) is 5.65. The number of rotatable bonds is 2. The van der Waals surface area contributed by atoms with Gasteiger partial charge in [0.25, 0.3) is 0 Å². The number of carbonyl (C=O) groups is 1. The molecule has 2 unspecified atom stereocenters. The van der Waals surface area contributed by atoms with Crippen LogP contribution in [0, 0.1) is 5.92 Å². The lowest BCUT2D eigenvalue weighted by molar-refractivity contribution is -0.142. The second kappa shape index (κ2) is 3.47. The van der Waals surface area contributed by atoms with Crippen molar-refractivity contribution in [2.45, 2.75) is 51.1 Å². The molecule has 0 amide bonds. The van der Waals surface area contributed by atoms with Gasteiger partial charge in [-0.15, -0.1) is 0 Å². The Labute approximate surface area is 96.8 Å². The Hall–Kier alpha value is -0.545. The van der Waals surface area contributed by atoms with E-state index in [0.717, 1.165) is 6.42 Å². The number of methoxy groups -OCH3 is 1. The number of hydrogen-bond acceptors (Lipinski definition) is 4. The number of carbonyl (C=O) groups excluding carboxylic acids is 1. The molecule has 1 heterocycles. The van der Waals surface area contributed by atoms with Crippen LogP contribution in [0.4, 0.5) is 0 Å². The average Bonchev–Trinajstić information content (AvgIpc) is 2.90. The zero-order valence-electron chi connectivity index (χ0n) is 10.6. The summed E-state index contributed by atoms with van der Waals surface area (Å²) in [5.41, 5.74) is -0.637. The molecule has 1 aliphatic carbocycles. The molecule has 1 aliphatic heterocycles. The highest BCUT2D eigenvalue weighted by Gasteiger charge is 2.61. The lowest BCUT2D eigenvalue weighted by atomic mass is 9.80. The average molecular weight is 226 g/mol. The van der Waals surface area contributed by atoms with Gasteiger partial charge in [-0.05, 0) is 34.1 Å². The first-order valence-corrected chi connectivity index (χ1v) is 5.72. The fraction of sp³-hybridized carbons (Fsp3) is 0.909. The standard InChI is InChI=1S/C11H19BO4/c1-10(2)11(3,4)16-12(15-10)8-6-7(8)9(13)14-5/h7-8H,6H2,1-5H3. The van der Waals surface area contributed by atoms with Crippen LogP contribution in [0.3, 0.4) is 0 Å². The predicted octanol–water partition coefficient (Wildman–Crippen LogP) is 1.64. The van der Waals surface area contributed by atoms with Crippen molar-refractivity contribution >= 4 is 13.1 Å². The lowest BCUT2D eigenvalue weighted by Gasteiger charge is -2.32. The maximum atomic E-state index is 11.3. The Morgan fingerprint density at radius 3 is 2.19 bits per heavy atom. The molecule has 2 fully saturated rings. The van der Waals surface area contributed by atoms with Crippen molar-refractivity contribution in [3.63, 3.8) is 0 Å². The zero-order valence-corrected chi connectivity index (χ0v) is 10.6. The van der Waals surface area contributed by atoms with Gasteiger partial charge >= 0.3 is 13.1 Å². The molecule has 0 N–H and O–H groups in total. The lowest BCUT2D eigenvalue weighted by Crippen LogP contribution is -2.41. The molecule has 0 aromatic rings. The molecular formula is C11H19BO4. The Morgan fingerprint density at radius 2 is 1.75 bits per heavy atom.